The van der Waals surface area contributed by atoms with Gasteiger partial charge in [-0.25, -0.2) is 9.37 Å². The van der Waals surface area contributed by atoms with Gasteiger partial charge in [-0.2, -0.15) is 4.98 Å². The van der Waals surface area contributed by atoms with Gasteiger partial charge in [-0.05, 0) is 44.1 Å². The van der Waals surface area contributed by atoms with E-state index in [-0.39, 0.29) is 38.6 Å². The van der Waals surface area contributed by atoms with Crippen LogP contribution >= 0.6 is 23.4 Å². The van der Waals surface area contributed by atoms with Crippen LogP contribution in [-0.4, -0.2) is 39.3 Å². The molecule has 2 fully saturated rings. The van der Waals surface area contributed by atoms with E-state index in [9.17, 15) is 9.18 Å². The maximum Gasteiger partial charge on any atom is 0.270 e. The van der Waals surface area contributed by atoms with Crippen molar-refractivity contribution in [2.24, 2.45) is 18.2 Å². The lowest BCUT2D eigenvalue weighted by Gasteiger charge is -2.42. The average molecular weight is 468 g/mol. The summed E-state index contributed by atoms with van der Waals surface area (Å²) >= 11 is 7.33. The first-order chi connectivity index (χ1) is 14.5. The minimum absolute atomic E-state index is 0.128. The lowest BCUT2D eigenvalue weighted by Crippen LogP contribution is -2.48. The van der Waals surface area contributed by atoms with Crippen LogP contribution in [0.15, 0.2) is 26.8 Å². The van der Waals surface area contributed by atoms with Gasteiger partial charge in [0.05, 0.1) is 5.02 Å². The number of piperidine rings is 1. The largest absolute Gasteiger partial charge is 0.382 e. The number of anilines is 3. The third-order valence-corrected chi connectivity index (χ3v) is 8.20. The Morgan fingerprint density at radius 2 is 1.97 bits per heavy atom. The molecule has 4 rings (SSSR count). The molecule has 1 aliphatic heterocycles. The van der Waals surface area contributed by atoms with E-state index in [1.165, 1.54) is 10.8 Å². The zero-order valence-electron chi connectivity index (χ0n) is 17.6. The molecule has 6 N–H and O–H groups in total. The van der Waals surface area contributed by atoms with E-state index in [0.717, 1.165) is 24.6 Å². The average Bonchev–Trinajstić information content (AvgIpc) is 2.93. The molecule has 11 heteroatoms. The van der Waals surface area contributed by atoms with E-state index >= 15 is 0 Å². The SMILES string of the molecule is Cn1c(N2CCC3(CC2)CC(C)(F)C[C@H]3N)nc(N)c(Sc2ccnc(N)c2Cl)c1=O. The van der Waals surface area contributed by atoms with Gasteiger partial charge < -0.3 is 22.1 Å². The van der Waals surface area contributed by atoms with Gasteiger partial charge in [-0.15, -0.1) is 0 Å². The van der Waals surface area contributed by atoms with Crippen LogP contribution in [0.1, 0.15) is 32.6 Å². The highest BCUT2D eigenvalue weighted by atomic mass is 35.5. The van der Waals surface area contributed by atoms with Crippen molar-refractivity contribution < 1.29 is 4.39 Å². The fourth-order valence-electron chi connectivity index (χ4n) is 4.91. The summed E-state index contributed by atoms with van der Waals surface area (Å²) in [6.45, 7) is 2.92. The molecule has 1 unspecified atom stereocenters. The van der Waals surface area contributed by atoms with Crippen LogP contribution in [-0.2, 0) is 7.05 Å². The van der Waals surface area contributed by atoms with Gasteiger partial charge in [0.1, 0.15) is 22.2 Å². The van der Waals surface area contributed by atoms with E-state index in [4.69, 9.17) is 28.8 Å². The van der Waals surface area contributed by atoms with Crippen molar-refractivity contribution in [3.05, 3.63) is 27.6 Å². The zero-order valence-corrected chi connectivity index (χ0v) is 19.1. The molecule has 31 heavy (non-hydrogen) atoms. The number of rotatable bonds is 3. The molecule has 168 valence electrons. The second kappa shape index (κ2) is 7.83. The smallest absolute Gasteiger partial charge is 0.270 e. The summed E-state index contributed by atoms with van der Waals surface area (Å²) in [6.07, 6.45) is 3.91. The summed E-state index contributed by atoms with van der Waals surface area (Å²) in [7, 11) is 1.67. The van der Waals surface area contributed by atoms with Crippen molar-refractivity contribution in [3.63, 3.8) is 0 Å². The van der Waals surface area contributed by atoms with Gasteiger partial charge in [0.15, 0.2) is 0 Å². The van der Waals surface area contributed by atoms with Crippen LogP contribution in [0.4, 0.5) is 22.0 Å². The van der Waals surface area contributed by atoms with Gasteiger partial charge in [0.2, 0.25) is 5.95 Å². The van der Waals surface area contributed by atoms with Crippen LogP contribution in [0.2, 0.25) is 5.02 Å². The number of nitrogens with two attached hydrogens (primary N) is 3. The zero-order chi connectivity index (χ0) is 22.6. The molecule has 2 atom stereocenters. The molecule has 8 nitrogen and oxygen atoms in total. The minimum Gasteiger partial charge on any atom is -0.382 e. The molecule has 1 spiro atoms. The highest BCUT2D eigenvalue weighted by molar-refractivity contribution is 7.99. The second-order valence-electron chi connectivity index (χ2n) is 8.85. The molecular formula is C20H27ClFN7OS. The van der Waals surface area contributed by atoms with Crippen molar-refractivity contribution in [1.29, 1.82) is 0 Å². The van der Waals surface area contributed by atoms with Crippen molar-refractivity contribution in [2.75, 3.05) is 29.5 Å². The molecule has 2 aliphatic rings. The summed E-state index contributed by atoms with van der Waals surface area (Å²) < 4.78 is 16.1. The summed E-state index contributed by atoms with van der Waals surface area (Å²) in [5.74, 6) is 0.809. The van der Waals surface area contributed by atoms with Crippen molar-refractivity contribution in [2.45, 2.75) is 54.1 Å². The molecule has 3 heterocycles. The highest BCUT2D eigenvalue weighted by Gasteiger charge is 2.52. The number of pyridine rings is 1. The quantitative estimate of drug-likeness (QED) is 0.628. The Bertz CT molecular complexity index is 1070. The normalized spacial score (nSPS) is 25.3. The molecule has 1 saturated carbocycles. The van der Waals surface area contributed by atoms with E-state index in [0.29, 0.717) is 36.8 Å². The van der Waals surface area contributed by atoms with Crippen LogP contribution in [0.3, 0.4) is 0 Å². The summed E-state index contributed by atoms with van der Waals surface area (Å²) in [5.41, 5.74) is 16.6. The monoisotopic (exact) mass is 467 g/mol. The predicted molar refractivity (Wildman–Crippen MR) is 122 cm³/mol. The molecule has 1 saturated heterocycles. The molecule has 0 amide bonds. The minimum atomic E-state index is -1.21. The van der Waals surface area contributed by atoms with E-state index in [1.54, 1.807) is 20.0 Å². The lowest BCUT2D eigenvalue weighted by atomic mass is 9.74. The molecule has 0 radical (unpaired) electrons. The fourth-order valence-corrected chi connectivity index (χ4v) is 6.05. The Morgan fingerprint density at radius 3 is 2.58 bits per heavy atom. The number of hydrogen-bond acceptors (Lipinski definition) is 8. The van der Waals surface area contributed by atoms with Gasteiger partial charge in [0.25, 0.3) is 5.56 Å². The Balaban J connectivity index is 1.57. The molecule has 0 aromatic carbocycles. The Morgan fingerprint density at radius 1 is 1.29 bits per heavy atom. The van der Waals surface area contributed by atoms with Gasteiger partial charge in [-0.3, -0.25) is 9.36 Å². The summed E-state index contributed by atoms with van der Waals surface area (Å²) in [6, 6.07) is 1.52. The third kappa shape index (κ3) is 3.96. The lowest BCUT2D eigenvalue weighted by molar-refractivity contribution is 0.142. The van der Waals surface area contributed by atoms with Crippen LogP contribution < -0.4 is 27.7 Å². The van der Waals surface area contributed by atoms with E-state index in [2.05, 4.69) is 9.97 Å². The first-order valence-electron chi connectivity index (χ1n) is 10.2. The Kier molecular flexibility index (Phi) is 5.60. The fraction of sp³-hybridized carbons (Fsp3) is 0.550. The van der Waals surface area contributed by atoms with E-state index in [1.807, 2.05) is 4.90 Å². The first-order valence-corrected chi connectivity index (χ1v) is 11.4. The number of alkyl halides is 1. The number of nitrogens with zero attached hydrogens (tertiary/aromatic N) is 4. The first kappa shape index (κ1) is 22.2. The van der Waals surface area contributed by atoms with Crippen LogP contribution in [0.5, 0.6) is 0 Å². The number of hydrogen-bond donors (Lipinski definition) is 3. The van der Waals surface area contributed by atoms with Crippen molar-refractivity contribution >= 4 is 40.9 Å². The highest BCUT2D eigenvalue weighted by Crippen LogP contribution is 2.51. The van der Waals surface area contributed by atoms with Crippen molar-refractivity contribution in [1.82, 2.24) is 14.5 Å². The van der Waals surface area contributed by atoms with E-state index < -0.39 is 5.67 Å². The van der Waals surface area contributed by atoms with Crippen molar-refractivity contribution in [3.8, 4) is 0 Å². The standard InChI is InChI=1S/C20H27ClFN7OS/c1-19(22)9-12(23)20(10-19)4-7-29(8-5-20)18-27-16(25)14(17(30)28(18)2)31-11-3-6-26-15(24)13(11)21/h3,6,12H,4-5,7-10,23,25H2,1-2H3,(H2,24,26)/t12-,19?/m1/s1. The summed E-state index contributed by atoms with van der Waals surface area (Å²) in [5, 5.41) is 0.270. The maximum absolute atomic E-state index is 14.6. The van der Waals surface area contributed by atoms with Crippen LogP contribution in [0.25, 0.3) is 0 Å². The topological polar surface area (TPSA) is 129 Å². The molecule has 1 aliphatic carbocycles. The number of nitrogen functional groups attached to an aromatic ring is 2. The van der Waals surface area contributed by atoms with Gasteiger partial charge in [-0.1, -0.05) is 23.4 Å². The second-order valence-corrected chi connectivity index (χ2v) is 10.3. The van der Waals surface area contributed by atoms with Crippen LogP contribution in [0, 0.1) is 5.41 Å². The van der Waals surface area contributed by atoms with Gasteiger partial charge in [0, 0.05) is 37.3 Å². The van der Waals surface area contributed by atoms with Gasteiger partial charge >= 0.3 is 0 Å². The third-order valence-electron chi connectivity index (χ3n) is 6.54. The molecule has 2 aromatic rings. The predicted octanol–water partition coefficient (Wildman–Crippen LogP) is 2.58. The number of aromatic nitrogens is 3. The number of halogens is 2. The Labute approximate surface area is 189 Å². The summed E-state index contributed by atoms with van der Waals surface area (Å²) in [4.78, 5) is 24.4. The maximum atomic E-state index is 14.6. The molecular weight excluding hydrogens is 441 g/mol. The Hall–Kier alpha value is -2.04. The molecule has 2 aromatic heterocycles. The molecule has 0 bridgehead atoms.